The van der Waals surface area contributed by atoms with Crippen LogP contribution in [0.4, 0.5) is 0 Å². The lowest BCUT2D eigenvalue weighted by atomic mass is 9.81. The van der Waals surface area contributed by atoms with Gasteiger partial charge in [-0.25, -0.2) is 0 Å². The van der Waals surface area contributed by atoms with Crippen LogP contribution in [-0.2, 0) is 14.2 Å². The van der Waals surface area contributed by atoms with E-state index in [-0.39, 0.29) is 28.0 Å². The minimum atomic E-state index is 0.0771. The van der Waals surface area contributed by atoms with E-state index < -0.39 is 0 Å². The van der Waals surface area contributed by atoms with E-state index in [4.69, 9.17) is 23.7 Å². The summed E-state index contributed by atoms with van der Waals surface area (Å²) in [5, 5.41) is 7.33. The minimum Gasteiger partial charge on any atom is -0.493 e. The van der Waals surface area contributed by atoms with Crippen LogP contribution < -0.4 is 20.1 Å². The molecule has 0 aliphatic heterocycles. The molecule has 0 amide bonds. The molecule has 0 spiro atoms. The monoisotopic (exact) mass is 604 g/mol. The third-order valence-electron chi connectivity index (χ3n) is 8.15. The zero-order chi connectivity index (χ0) is 31.7. The van der Waals surface area contributed by atoms with Crippen molar-refractivity contribution >= 4 is 0 Å². The predicted molar refractivity (Wildman–Crippen MR) is 176 cm³/mol. The van der Waals surface area contributed by atoms with Gasteiger partial charge in [-0.1, -0.05) is 34.6 Å². The van der Waals surface area contributed by atoms with E-state index >= 15 is 0 Å². The Morgan fingerprint density at radius 3 is 1.88 bits per heavy atom. The van der Waals surface area contributed by atoms with Gasteiger partial charge in [0.1, 0.15) is 17.6 Å². The molecule has 0 saturated heterocycles. The van der Waals surface area contributed by atoms with Crippen molar-refractivity contribution in [1.29, 1.82) is 0 Å². The molecule has 2 N–H and O–H groups in total. The Kier molecular flexibility index (Phi) is 13.2. The van der Waals surface area contributed by atoms with E-state index in [2.05, 4.69) is 79.9 Å². The van der Waals surface area contributed by atoms with Crippen molar-refractivity contribution in [2.75, 3.05) is 39.6 Å². The largest absolute Gasteiger partial charge is 0.493 e. The Morgan fingerprint density at radius 1 is 0.674 bits per heavy atom. The lowest BCUT2D eigenvalue weighted by Gasteiger charge is -2.42. The van der Waals surface area contributed by atoms with Crippen LogP contribution in [0.1, 0.15) is 108 Å². The van der Waals surface area contributed by atoms with Crippen LogP contribution in [0.3, 0.4) is 0 Å². The second kappa shape index (κ2) is 15.8. The van der Waals surface area contributed by atoms with Gasteiger partial charge >= 0.3 is 0 Å². The van der Waals surface area contributed by atoms with Crippen LogP contribution in [-0.4, -0.2) is 75.0 Å². The quantitative estimate of drug-likeness (QED) is 0.162. The molecule has 7 heteroatoms. The molecule has 2 aliphatic carbocycles. The van der Waals surface area contributed by atoms with Gasteiger partial charge in [0, 0.05) is 23.7 Å². The zero-order valence-corrected chi connectivity index (χ0v) is 29.1. The summed E-state index contributed by atoms with van der Waals surface area (Å²) >= 11 is 0. The number of ether oxygens (including phenoxy) is 5. The summed E-state index contributed by atoms with van der Waals surface area (Å²) in [5.41, 5.74) is 0.497. The highest BCUT2D eigenvalue weighted by atomic mass is 16.5. The maximum Gasteiger partial charge on any atom is 0.119 e. The first kappa shape index (κ1) is 36.1. The zero-order valence-electron chi connectivity index (χ0n) is 29.1. The van der Waals surface area contributed by atoms with Crippen LogP contribution in [0.15, 0.2) is 24.3 Å². The Bertz CT molecular complexity index is 922. The summed E-state index contributed by atoms with van der Waals surface area (Å²) in [4.78, 5) is 0. The summed E-state index contributed by atoms with van der Waals surface area (Å²) < 4.78 is 30.0. The minimum absolute atomic E-state index is 0.0771. The fourth-order valence-corrected chi connectivity index (χ4v) is 5.30. The summed E-state index contributed by atoms with van der Waals surface area (Å²) in [6.07, 6.45) is 7.23. The van der Waals surface area contributed by atoms with Crippen molar-refractivity contribution in [2.24, 2.45) is 10.8 Å². The van der Waals surface area contributed by atoms with Crippen molar-refractivity contribution in [2.45, 2.75) is 143 Å². The molecule has 2 aliphatic rings. The first-order valence-corrected chi connectivity index (χ1v) is 16.7. The first-order chi connectivity index (χ1) is 20.0. The third kappa shape index (κ3) is 15.0. The van der Waals surface area contributed by atoms with Crippen molar-refractivity contribution < 1.29 is 23.7 Å². The molecule has 248 valence electrons. The molecule has 7 nitrogen and oxygen atoms in total. The first-order valence-electron chi connectivity index (χ1n) is 16.7. The van der Waals surface area contributed by atoms with Crippen molar-refractivity contribution in [3.8, 4) is 11.5 Å². The Balaban J connectivity index is 1.20. The predicted octanol–water partition coefficient (Wildman–Crippen LogP) is 7.16. The Labute approximate surface area is 263 Å². The average molecular weight is 605 g/mol. The fourth-order valence-electron chi connectivity index (χ4n) is 5.30. The molecule has 0 unspecified atom stereocenters. The second-order valence-electron chi connectivity index (χ2n) is 16.6. The molecule has 2 fully saturated rings. The molecular formula is C36H64N2O5. The molecule has 0 bridgehead atoms. The maximum absolute atomic E-state index is 6.20. The number of benzene rings is 1. The number of nitrogens with one attached hydrogen (secondary N) is 2. The molecule has 2 saturated carbocycles. The van der Waals surface area contributed by atoms with Gasteiger partial charge in [-0.2, -0.15) is 0 Å². The summed E-state index contributed by atoms with van der Waals surface area (Å²) in [6.45, 7) is 26.7. The van der Waals surface area contributed by atoms with Crippen LogP contribution in [0.5, 0.6) is 11.5 Å². The SMILES string of the molecule is CC(C)(C)COc1ccc(OC2CC(NC(C)(C)CCC(C)(C)COCCOC3CC(OCCNC(C)(C)C)C3)C2)cc1. The number of hydrogen-bond acceptors (Lipinski definition) is 7. The molecule has 43 heavy (non-hydrogen) atoms. The van der Waals surface area contributed by atoms with Gasteiger partial charge in [0.25, 0.3) is 0 Å². The maximum atomic E-state index is 6.20. The highest BCUT2D eigenvalue weighted by Gasteiger charge is 2.35. The molecule has 0 radical (unpaired) electrons. The fraction of sp³-hybridized carbons (Fsp3) is 0.833. The highest BCUT2D eigenvalue weighted by molar-refractivity contribution is 5.31. The topological polar surface area (TPSA) is 70.2 Å². The van der Waals surface area contributed by atoms with Gasteiger partial charge in [0.2, 0.25) is 0 Å². The standard InChI is InChI=1S/C36H64N2O5/c1-33(2,3)25-42-28-11-13-29(14-12-28)43-32-21-27(22-32)38-36(9,10)16-15-35(7,8)26-39-19-20-41-31-23-30(24-31)40-18-17-37-34(4,5)6/h11-14,27,30-32,37-38H,15-26H2,1-10H3. The summed E-state index contributed by atoms with van der Waals surface area (Å²) in [7, 11) is 0. The normalized spacial score (nSPS) is 23.0. The summed E-state index contributed by atoms with van der Waals surface area (Å²) in [6, 6.07) is 8.55. The number of rotatable bonds is 19. The van der Waals surface area contributed by atoms with Crippen molar-refractivity contribution in [1.82, 2.24) is 10.6 Å². The van der Waals surface area contributed by atoms with Crippen LogP contribution in [0, 0.1) is 10.8 Å². The van der Waals surface area contributed by atoms with Gasteiger partial charge < -0.3 is 34.3 Å². The van der Waals surface area contributed by atoms with Crippen LogP contribution >= 0.6 is 0 Å². The van der Waals surface area contributed by atoms with Gasteiger partial charge in [0.15, 0.2) is 0 Å². The summed E-state index contributed by atoms with van der Waals surface area (Å²) in [5.74, 6) is 1.82. The molecule has 0 atom stereocenters. The molecular weight excluding hydrogens is 540 g/mol. The van der Waals surface area contributed by atoms with Crippen molar-refractivity contribution in [3.05, 3.63) is 24.3 Å². The lowest BCUT2D eigenvalue weighted by Crippen LogP contribution is -2.54. The Hall–Kier alpha value is -1.38. The van der Waals surface area contributed by atoms with Gasteiger partial charge in [0.05, 0.1) is 45.2 Å². The smallest absolute Gasteiger partial charge is 0.119 e. The van der Waals surface area contributed by atoms with Gasteiger partial charge in [-0.3, -0.25) is 0 Å². The van der Waals surface area contributed by atoms with E-state index in [1.807, 2.05) is 24.3 Å². The second-order valence-corrected chi connectivity index (χ2v) is 16.6. The van der Waals surface area contributed by atoms with Crippen LogP contribution in [0.2, 0.25) is 0 Å². The molecule has 1 aromatic rings. The molecule has 0 heterocycles. The van der Waals surface area contributed by atoms with Crippen molar-refractivity contribution in [3.63, 3.8) is 0 Å². The van der Waals surface area contributed by atoms with E-state index in [9.17, 15) is 0 Å². The highest BCUT2D eigenvalue weighted by Crippen LogP contribution is 2.32. The van der Waals surface area contributed by atoms with E-state index in [1.165, 1.54) is 0 Å². The van der Waals surface area contributed by atoms with Gasteiger partial charge in [-0.05, 0) is 108 Å². The van der Waals surface area contributed by atoms with E-state index in [1.54, 1.807) is 0 Å². The average Bonchev–Trinajstić information content (AvgIpc) is 2.84. The lowest BCUT2D eigenvalue weighted by molar-refractivity contribution is -0.111. The number of hydrogen-bond donors (Lipinski definition) is 2. The third-order valence-corrected chi connectivity index (χ3v) is 8.15. The van der Waals surface area contributed by atoms with E-state index in [0.717, 1.165) is 69.8 Å². The van der Waals surface area contributed by atoms with E-state index in [0.29, 0.717) is 38.1 Å². The molecule has 3 rings (SSSR count). The molecule has 1 aromatic carbocycles. The molecule has 0 aromatic heterocycles. The van der Waals surface area contributed by atoms with Crippen LogP contribution in [0.25, 0.3) is 0 Å². The Morgan fingerprint density at radius 2 is 1.28 bits per heavy atom. The van der Waals surface area contributed by atoms with Gasteiger partial charge in [-0.15, -0.1) is 0 Å².